The zero-order chi connectivity index (χ0) is 15.6. The summed E-state index contributed by atoms with van der Waals surface area (Å²) in [4.78, 5) is 12.4. The van der Waals surface area contributed by atoms with Crippen LogP contribution in [0.15, 0.2) is 22.7 Å². The van der Waals surface area contributed by atoms with Crippen LogP contribution in [0.2, 0.25) is 5.02 Å². The molecule has 0 radical (unpaired) electrons. The number of nitrogens with zero attached hydrogens (tertiary/aromatic N) is 2. The Labute approximate surface area is 137 Å². The van der Waals surface area contributed by atoms with Crippen LogP contribution in [0.5, 0.6) is 0 Å². The number of aromatic nitrogens is 2. The molecular formula is C15H17BrClN3O. The number of anilines is 1. The van der Waals surface area contributed by atoms with Crippen LogP contribution >= 0.6 is 27.5 Å². The molecule has 21 heavy (non-hydrogen) atoms. The molecule has 0 saturated heterocycles. The van der Waals surface area contributed by atoms with Gasteiger partial charge in [0.05, 0.1) is 11.4 Å². The predicted molar refractivity (Wildman–Crippen MR) is 89.1 cm³/mol. The Hall–Kier alpha value is -1.33. The Morgan fingerprint density at radius 3 is 2.71 bits per heavy atom. The molecule has 1 heterocycles. The summed E-state index contributed by atoms with van der Waals surface area (Å²) in [5.74, 6) is -0.190. The first-order valence-electron chi connectivity index (χ1n) is 6.80. The Morgan fingerprint density at radius 2 is 2.10 bits per heavy atom. The maximum absolute atomic E-state index is 12.4. The van der Waals surface area contributed by atoms with E-state index in [1.807, 2.05) is 32.9 Å². The van der Waals surface area contributed by atoms with Crippen LogP contribution in [0.1, 0.15) is 35.6 Å². The molecule has 0 aliphatic heterocycles. The van der Waals surface area contributed by atoms with E-state index in [0.29, 0.717) is 22.9 Å². The van der Waals surface area contributed by atoms with Crippen LogP contribution in [0.3, 0.4) is 0 Å². The lowest BCUT2D eigenvalue weighted by molar-refractivity contribution is 0.101. The van der Waals surface area contributed by atoms with Crippen molar-refractivity contribution in [1.82, 2.24) is 9.78 Å². The molecule has 4 nitrogen and oxygen atoms in total. The number of halogens is 2. The van der Waals surface area contributed by atoms with E-state index in [0.717, 1.165) is 22.2 Å². The van der Waals surface area contributed by atoms with Gasteiger partial charge >= 0.3 is 0 Å². The molecule has 0 spiro atoms. The molecule has 0 aliphatic carbocycles. The third-order valence-corrected chi connectivity index (χ3v) is 4.28. The smallest absolute Gasteiger partial charge is 0.273 e. The molecule has 0 atom stereocenters. The van der Waals surface area contributed by atoms with Crippen molar-refractivity contribution in [3.05, 3.63) is 44.6 Å². The van der Waals surface area contributed by atoms with Crippen LogP contribution < -0.4 is 5.32 Å². The number of hydrogen-bond acceptors (Lipinski definition) is 2. The number of rotatable bonds is 4. The van der Waals surface area contributed by atoms with Crippen molar-refractivity contribution in [1.29, 1.82) is 0 Å². The Morgan fingerprint density at radius 1 is 1.38 bits per heavy atom. The molecule has 0 saturated carbocycles. The van der Waals surface area contributed by atoms with E-state index in [9.17, 15) is 4.79 Å². The zero-order valence-corrected chi connectivity index (χ0v) is 14.5. The summed E-state index contributed by atoms with van der Waals surface area (Å²) in [6, 6.07) is 5.45. The van der Waals surface area contributed by atoms with Crippen LogP contribution in [-0.2, 0) is 13.0 Å². The topological polar surface area (TPSA) is 46.9 Å². The first-order chi connectivity index (χ1) is 9.96. The van der Waals surface area contributed by atoms with Gasteiger partial charge in [-0.3, -0.25) is 9.48 Å². The minimum absolute atomic E-state index is 0.190. The van der Waals surface area contributed by atoms with Gasteiger partial charge in [0.15, 0.2) is 0 Å². The van der Waals surface area contributed by atoms with Crippen LogP contribution in [0.25, 0.3) is 0 Å². The standard InChI is InChI=1S/C15H17BrClN3O/c1-4-10-7-14(20(5-2)19-10)15(21)18-13-8-12(17)9(3)6-11(13)16/h6-8H,4-5H2,1-3H3,(H,18,21). The lowest BCUT2D eigenvalue weighted by atomic mass is 10.2. The van der Waals surface area contributed by atoms with Gasteiger partial charge < -0.3 is 5.32 Å². The maximum atomic E-state index is 12.4. The van der Waals surface area contributed by atoms with Gasteiger partial charge in [-0.1, -0.05) is 18.5 Å². The highest BCUT2D eigenvalue weighted by molar-refractivity contribution is 9.10. The molecule has 1 N–H and O–H groups in total. The molecule has 2 aromatic rings. The lowest BCUT2D eigenvalue weighted by Crippen LogP contribution is -2.17. The van der Waals surface area contributed by atoms with Gasteiger partial charge in [-0.2, -0.15) is 5.10 Å². The average molecular weight is 371 g/mol. The lowest BCUT2D eigenvalue weighted by Gasteiger charge is -2.10. The van der Waals surface area contributed by atoms with Crippen LogP contribution in [0.4, 0.5) is 5.69 Å². The molecule has 0 aliphatic rings. The van der Waals surface area contributed by atoms with Crippen LogP contribution in [-0.4, -0.2) is 15.7 Å². The summed E-state index contributed by atoms with van der Waals surface area (Å²) in [6.45, 7) is 6.54. The van der Waals surface area contributed by atoms with E-state index < -0.39 is 0 Å². The van der Waals surface area contributed by atoms with E-state index in [1.165, 1.54) is 0 Å². The molecule has 2 rings (SSSR count). The highest BCUT2D eigenvalue weighted by Crippen LogP contribution is 2.29. The molecule has 0 bridgehead atoms. The second kappa shape index (κ2) is 6.62. The van der Waals surface area contributed by atoms with Gasteiger partial charge in [-0.15, -0.1) is 0 Å². The van der Waals surface area contributed by atoms with Gasteiger partial charge in [0, 0.05) is 16.0 Å². The van der Waals surface area contributed by atoms with Crippen molar-refractivity contribution in [3.8, 4) is 0 Å². The number of hydrogen-bond donors (Lipinski definition) is 1. The Balaban J connectivity index is 2.30. The number of aryl methyl sites for hydroxylation is 3. The van der Waals surface area contributed by atoms with Gasteiger partial charge in [-0.05, 0) is 60.0 Å². The van der Waals surface area contributed by atoms with Crippen molar-refractivity contribution < 1.29 is 4.79 Å². The fourth-order valence-corrected chi connectivity index (χ4v) is 2.72. The van der Waals surface area contributed by atoms with Gasteiger partial charge in [-0.25, -0.2) is 0 Å². The quantitative estimate of drug-likeness (QED) is 0.864. The SMILES string of the molecule is CCc1cc(C(=O)Nc2cc(Cl)c(C)cc2Br)n(CC)n1. The van der Waals surface area contributed by atoms with Gasteiger partial charge in [0.1, 0.15) is 5.69 Å². The molecule has 0 fully saturated rings. The normalized spacial score (nSPS) is 10.7. The first kappa shape index (κ1) is 16.0. The van der Waals surface area contributed by atoms with E-state index in [2.05, 4.69) is 26.3 Å². The monoisotopic (exact) mass is 369 g/mol. The van der Waals surface area contributed by atoms with E-state index in [-0.39, 0.29) is 5.91 Å². The number of carbonyl (C=O) groups excluding carboxylic acids is 1. The summed E-state index contributed by atoms with van der Waals surface area (Å²) >= 11 is 9.55. The number of benzene rings is 1. The van der Waals surface area contributed by atoms with Crippen molar-refractivity contribution in [2.45, 2.75) is 33.7 Å². The average Bonchev–Trinajstić information content (AvgIpc) is 2.88. The summed E-state index contributed by atoms with van der Waals surface area (Å²) < 4.78 is 2.51. The first-order valence-corrected chi connectivity index (χ1v) is 7.97. The van der Waals surface area contributed by atoms with Crippen molar-refractivity contribution in [3.63, 3.8) is 0 Å². The fourth-order valence-electron chi connectivity index (χ4n) is 2.00. The largest absolute Gasteiger partial charge is 0.320 e. The minimum atomic E-state index is -0.190. The van der Waals surface area contributed by atoms with E-state index in [1.54, 1.807) is 10.7 Å². The zero-order valence-electron chi connectivity index (χ0n) is 12.2. The summed E-state index contributed by atoms with van der Waals surface area (Å²) in [5, 5.41) is 7.87. The number of nitrogens with one attached hydrogen (secondary N) is 1. The molecular weight excluding hydrogens is 354 g/mol. The molecule has 0 unspecified atom stereocenters. The third kappa shape index (κ3) is 3.47. The predicted octanol–water partition coefficient (Wildman–Crippen LogP) is 4.44. The van der Waals surface area contributed by atoms with E-state index in [4.69, 9.17) is 11.6 Å². The van der Waals surface area contributed by atoms with Gasteiger partial charge in [0.25, 0.3) is 5.91 Å². The second-order valence-electron chi connectivity index (χ2n) is 4.73. The number of carbonyl (C=O) groups is 1. The number of amides is 1. The Kier molecular flexibility index (Phi) is 5.06. The molecule has 6 heteroatoms. The van der Waals surface area contributed by atoms with Crippen molar-refractivity contribution >= 4 is 39.1 Å². The van der Waals surface area contributed by atoms with Crippen molar-refractivity contribution in [2.75, 3.05) is 5.32 Å². The van der Waals surface area contributed by atoms with Crippen molar-refractivity contribution in [2.24, 2.45) is 0 Å². The highest BCUT2D eigenvalue weighted by Gasteiger charge is 2.15. The molecule has 1 amide bonds. The summed E-state index contributed by atoms with van der Waals surface area (Å²) in [7, 11) is 0. The molecule has 1 aromatic heterocycles. The summed E-state index contributed by atoms with van der Waals surface area (Å²) in [5.41, 5.74) is 3.06. The molecule has 1 aromatic carbocycles. The highest BCUT2D eigenvalue weighted by atomic mass is 79.9. The fraction of sp³-hybridized carbons (Fsp3) is 0.333. The second-order valence-corrected chi connectivity index (χ2v) is 5.99. The van der Waals surface area contributed by atoms with E-state index >= 15 is 0 Å². The minimum Gasteiger partial charge on any atom is -0.320 e. The van der Waals surface area contributed by atoms with Crippen LogP contribution in [0, 0.1) is 6.92 Å². The third-order valence-electron chi connectivity index (χ3n) is 3.22. The molecule has 112 valence electrons. The summed E-state index contributed by atoms with van der Waals surface area (Å²) in [6.07, 6.45) is 0.799. The maximum Gasteiger partial charge on any atom is 0.273 e. The van der Waals surface area contributed by atoms with Gasteiger partial charge in [0.2, 0.25) is 0 Å². The Bertz CT molecular complexity index is 682.